The number of carbonyl (C=O) groups is 1. The van der Waals surface area contributed by atoms with E-state index in [0.29, 0.717) is 0 Å². The Morgan fingerprint density at radius 2 is 2.00 bits per heavy atom. The number of aliphatic carboxylic acids is 1. The van der Waals surface area contributed by atoms with E-state index >= 15 is 0 Å². The quantitative estimate of drug-likeness (QED) is 0.537. The third kappa shape index (κ3) is 0.803. The average Bonchev–Trinajstić information content (AvgIpc) is 2.57. The highest BCUT2D eigenvalue weighted by atomic mass is 16.7. The Morgan fingerprint density at radius 3 is 2.30 bits per heavy atom. The van der Waals surface area contributed by atoms with Crippen LogP contribution in [0.25, 0.3) is 0 Å². The van der Waals surface area contributed by atoms with Gasteiger partial charge >= 0.3 is 5.97 Å². The van der Waals surface area contributed by atoms with Crippen molar-refractivity contribution in [1.29, 1.82) is 0 Å². The molecule has 1 N–H and O–H groups in total. The molecule has 4 unspecified atom stereocenters. The number of epoxide rings is 2. The van der Waals surface area contributed by atoms with E-state index in [0.717, 1.165) is 0 Å². The second-order valence-electron chi connectivity index (χ2n) is 2.67. The largest absolute Gasteiger partial charge is 0.479 e. The second-order valence-corrected chi connectivity index (χ2v) is 2.67. The van der Waals surface area contributed by atoms with Crippen molar-refractivity contribution >= 4 is 5.97 Å². The molecule has 0 spiro atoms. The first-order valence-electron chi connectivity index (χ1n) is 3.24. The first-order chi connectivity index (χ1) is 4.70. The van der Waals surface area contributed by atoms with Crippen LogP contribution in [0.5, 0.6) is 0 Å². The zero-order valence-electron chi connectivity index (χ0n) is 5.48. The van der Waals surface area contributed by atoms with Crippen LogP contribution in [0.4, 0.5) is 0 Å². The second kappa shape index (κ2) is 1.71. The van der Waals surface area contributed by atoms with Gasteiger partial charge in [0, 0.05) is 0 Å². The summed E-state index contributed by atoms with van der Waals surface area (Å²) < 4.78 is 9.88. The molecule has 10 heavy (non-hydrogen) atoms. The third-order valence-electron chi connectivity index (χ3n) is 1.85. The third-order valence-corrected chi connectivity index (χ3v) is 1.85. The van der Waals surface area contributed by atoms with E-state index in [9.17, 15) is 4.79 Å². The van der Waals surface area contributed by atoms with Gasteiger partial charge in [-0.15, -0.1) is 0 Å². The molecule has 4 atom stereocenters. The molecule has 2 fully saturated rings. The Morgan fingerprint density at radius 1 is 1.40 bits per heavy atom. The van der Waals surface area contributed by atoms with Crippen LogP contribution in [0.3, 0.4) is 0 Å². The molecule has 56 valence electrons. The fourth-order valence-corrected chi connectivity index (χ4v) is 1.12. The summed E-state index contributed by atoms with van der Waals surface area (Å²) >= 11 is 0. The molecule has 2 heterocycles. The highest BCUT2D eigenvalue weighted by Gasteiger charge is 2.58. The normalized spacial score (nSPS) is 50.5. The Hall–Kier alpha value is -0.610. The zero-order chi connectivity index (χ0) is 7.30. The number of hydrogen-bond acceptors (Lipinski definition) is 3. The van der Waals surface area contributed by atoms with E-state index in [2.05, 4.69) is 0 Å². The highest BCUT2D eigenvalue weighted by molar-refractivity contribution is 5.76. The molecule has 0 radical (unpaired) electrons. The molecular weight excluding hydrogens is 136 g/mol. The SMILES string of the molecule is CC1OC1C1OC1C(=O)O. The van der Waals surface area contributed by atoms with Crippen LogP contribution in [0.15, 0.2) is 0 Å². The minimum absolute atomic E-state index is 0.0427. The smallest absolute Gasteiger partial charge is 0.335 e. The van der Waals surface area contributed by atoms with Gasteiger partial charge in [-0.25, -0.2) is 4.79 Å². The molecule has 2 aliphatic heterocycles. The zero-order valence-corrected chi connectivity index (χ0v) is 5.48. The maximum atomic E-state index is 10.2. The van der Waals surface area contributed by atoms with Crippen molar-refractivity contribution in [1.82, 2.24) is 0 Å². The lowest BCUT2D eigenvalue weighted by Crippen LogP contribution is -2.12. The predicted molar refractivity (Wildman–Crippen MR) is 30.6 cm³/mol. The summed E-state index contributed by atoms with van der Waals surface area (Å²) in [7, 11) is 0. The van der Waals surface area contributed by atoms with Crippen molar-refractivity contribution in [2.45, 2.75) is 31.3 Å². The van der Waals surface area contributed by atoms with Crippen LogP contribution in [0.1, 0.15) is 6.92 Å². The Bertz CT molecular complexity index is 179. The number of carboxylic acids is 1. The molecule has 0 aromatic carbocycles. The van der Waals surface area contributed by atoms with Gasteiger partial charge < -0.3 is 14.6 Å². The first kappa shape index (κ1) is 6.12. The van der Waals surface area contributed by atoms with Gasteiger partial charge in [0.2, 0.25) is 0 Å². The molecule has 4 heteroatoms. The van der Waals surface area contributed by atoms with E-state index in [1.54, 1.807) is 0 Å². The van der Waals surface area contributed by atoms with Gasteiger partial charge in [-0.2, -0.15) is 0 Å². The summed E-state index contributed by atoms with van der Waals surface area (Å²) in [6.07, 6.45) is -0.544. The van der Waals surface area contributed by atoms with E-state index < -0.39 is 12.1 Å². The van der Waals surface area contributed by atoms with Gasteiger partial charge in [-0.1, -0.05) is 0 Å². The molecule has 2 aliphatic rings. The van der Waals surface area contributed by atoms with Gasteiger partial charge in [0.15, 0.2) is 6.10 Å². The number of rotatable bonds is 2. The maximum Gasteiger partial charge on any atom is 0.335 e. The minimum Gasteiger partial charge on any atom is -0.479 e. The Balaban J connectivity index is 1.85. The summed E-state index contributed by atoms with van der Waals surface area (Å²) in [6.45, 7) is 1.91. The molecule has 2 rings (SSSR count). The molecule has 0 amide bonds. The minimum atomic E-state index is -0.882. The van der Waals surface area contributed by atoms with Gasteiger partial charge in [0.05, 0.1) is 6.10 Å². The average molecular weight is 144 g/mol. The standard InChI is InChI=1S/C6H8O4/c1-2-3(9-2)4-5(10-4)6(7)8/h2-5H,1H3,(H,7,8). The molecule has 4 nitrogen and oxygen atoms in total. The van der Waals surface area contributed by atoms with Crippen molar-refractivity contribution in [2.75, 3.05) is 0 Å². The van der Waals surface area contributed by atoms with Crippen molar-refractivity contribution in [3.63, 3.8) is 0 Å². The molecular formula is C6H8O4. The summed E-state index contributed by atoms with van der Waals surface area (Å²) in [4.78, 5) is 10.2. The molecule has 0 aliphatic carbocycles. The molecule has 2 saturated heterocycles. The summed E-state index contributed by atoms with van der Waals surface area (Å²) in [5.74, 6) is -0.882. The van der Waals surface area contributed by atoms with Crippen LogP contribution >= 0.6 is 0 Å². The molecule has 0 saturated carbocycles. The topological polar surface area (TPSA) is 62.4 Å². The van der Waals surface area contributed by atoms with Crippen molar-refractivity contribution in [2.24, 2.45) is 0 Å². The van der Waals surface area contributed by atoms with Gasteiger partial charge in [0.25, 0.3) is 0 Å². The predicted octanol–water partition coefficient (Wildman–Crippen LogP) is -0.374. The molecule has 0 aromatic heterocycles. The monoisotopic (exact) mass is 144 g/mol. The van der Waals surface area contributed by atoms with E-state index in [1.165, 1.54) is 0 Å². The number of ether oxygens (including phenoxy) is 2. The van der Waals surface area contributed by atoms with E-state index in [1.807, 2.05) is 6.92 Å². The van der Waals surface area contributed by atoms with Crippen LogP contribution in [-0.2, 0) is 14.3 Å². The highest BCUT2D eigenvalue weighted by Crippen LogP contribution is 2.38. The Labute approximate surface area is 57.7 Å². The van der Waals surface area contributed by atoms with E-state index in [4.69, 9.17) is 14.6 Å². The Kier molecular flexibility index (Phi) is 1.04. The number of carboxylic acid groups (broad SMARTS) is 1. The lowest BCUT2D eigenvalue weighted by molar-refractivity contribution is -0.138. The van der Waals surface area contributed by atoms with Gasteiger partial charge in [-0.3, -0.25) is 0 Å². The lowest BCUT2D eigenvalue weighted by Gasteiger charge is -1.79. The van der Waals surface area contributed by atoms with Gasteiger partial charge in [0.1, 0.15) is 12.2 Å². The van der Waals surface area contributed by atoms with Crippen LogP contribution in [-0.4, -0.2) is 35.5 Å². The maximum absolute atomic E-state index is 10.2. The molecule has 0 bridgehead atoms. The molecule has 0 aromatic rings. The summed E-state index contributed by atoms with van der Waals surface area (Å²) in [5.41, 5.74) is 0. The summed E-state index contributed by atoms with van der Waals surface area (Å²) in [6, 6.07) is 0. The number of hydrogen-bond donors (Lipinski definition) is 1. The fraction of sp³-hybridized carbons (Fsp3) is 0.833. The summed E-state index contributed by atoms with van der Waals surface area (Å²) in [5, 5.41) is 8.41. The van der Waals surface area contributed by atoms with Crippen LogP contribution < -0.4 is 0 Å². The van der Waals surface area contributed by atoms with Crippen LogP contribution in [0.2, 0.25) is 0 Å². The lowest BCUT2D eigenvalue weighted by atomic mass is 10.2. The van der Waals surface area contributed by atoms with Crippen LogP contribution in [0, 0.1) is 0 Å². The first-order valence-corrected chi connectivity index (χ1v) is 3.24. The van der Waals surface area contributed by atoms with Crippen molar-refractivity contribution in [3.8, 4) is 0 Å². The van der Waals surface area contributed by atoms with Crippen molar-refractivity contribution in [3.05, 3.63) is 0 Å². The van der Waals surface area contributed by atoms with Gasteiger partial charge in [-0.05, 0) is 6.92 Å². The van der Waals surface area contributed by atoms with Crippen molar-refractivity contribution < 1.29 is 19.4 Å². The van der Waals surface area contributed by atoms with E-state index in [-0.39, 0.29) is 18.3 Å². The fourth-order valence-electron chi connectivity index (χ4n) is 1.12.